The van der Waals surface area contributed by atoms with Gasteiger partial charge in [0.1, 0.15) is 17.4 Å². The topological polar surface area (TPSA) is 59.1 Å². The molecule has 2 N–H and O–H groups in total. The van der Waals surface area contributed by atoms with Crippen molar-refractivity contribution in [2.24, 2.45) is 0 Å². The van der Waals surface area contributed by atoms with E-state index in [0.717, 1.165) is 17.1 Å². The predicted octanol–water partition coefficient (Wildman–Crippen LogP) is 4.81. The number of hydrogen-bond acceptors (Lipinski definition) is 5. The van der Waals surface area contributed by atoms with Gasteiger partial charge in [-0.15, -0.1) is 0 Å². The minimum Gasteiger partial charge on any atom is -0.494 e. The maximum absolute atomic E-state index is 13.3. The van der Waals surface area contributed by atoms with Gasteiger partial charge in [0.15, 0.2) is 0 Å². The van der Waals surface area contributed by atoms with Gasteiger partial charge in [0.05, 0.1) is 6.61 Å². The van der Waals surface area contributed by atoms with E-state index in [9.17, 15) is 4.39 Å². The van der Waals surface area contributed by atoms with E-state index in [0.29, 0.717) is 24.1 Å². The molecule has 6 heteroatoms. The van der Waals surface area contributed by atoms with Crippen LogP contribution in [0.15, 0.2) is 54.6 Å². The van der Waals surface area contributed by atoms with E-state index in [2.05, 4.69) is 20.6 Å². The van der Waals surface area contributed by atoms with Gasteiger partial charge in [0.25, 0.3) is 0 Å². The Bertz CT molecular complexity index is 852. The molecule has 0 atom stereocenters. The highest BCUT2D eigenvalue weighted by molar-refractivity contribution is 5.60. The molecule has 0 saturated carbocycles. The number of nitrogens with one attached hydrogen (secondary N) is 2. The van der Waals surface area contributed by atoms with Crippen molar-refractivity contribution >= 4 is 23.1 Å². The van der Waals surface area contributed by atoms with Crippen LogP contribution in [0.3, 0.4) is 0 Å². The summed E-state index contributed by atoms with van der Waals surface area (Å²) in [6.07, 6.45) is 0. The van der Waals surface area contributed by atoms with E-state index in [-0.39, 0.29) is 5.82 Å². The first-order chi connectivity index (χ1) is 12.1. The summed E-state index contributed by atoms with van der Waals surface area (Å²) in [5, 5.41) is 6.25. The number of halogens is 1. The van der Waals surface area contributed by atoms with Crippen molar-refractivity contribution in [2.45, 2.75) is 13.8 Å². The molecule has 0 fully saturated rings. The highest BCUT2D eigenvalue weighted by atomic mass is 19.1. The number of rotatable bonds is 6. The van der Waals surface area contributed by atoms with Crippen LogP contribution in [0.4, 0.5) is 27.5 Å². The second-order valence-corrected chi connectivity index (χ2v) is 5.44. The second-order valence-electron chi connectivity index (χ2n) is 5.44. The average Bonchev–Trinajstić information content (AvgIpc) is 2.56. The van der Waals surface area contributed by atoms with Crippen molar-refractivity contribution in [1.82, 2.24) is 9.97 Å². The Labute approximate surface area is 145 Å². The third kappa shape index (κ3) is 4.67. The molecule has 0 radical (unpaired) electrons. The summed E-state index contributed by atoms with van der Waals surface area (Å²) in [4.78, 5) is 8.81. The molecule has 0 aliphatic carbocycles. The van der Waals surface area contributed by atoms with Crippen LogP contribution >= 0.6 is 0 Å². The van der Waals surface area contributed by atoms with Crippen molar-refractivity contribution < 1.29 is 9.13 Å². The van der Waals surface area contributed by atoms with E-state index < -0.39 is 0 Å². The molecule has 0 aliphatic rings. The summed E-state index contributed by atoms with van der Waals surface area (Å²) < 4.78 is 18.7. The molecule has 3 rings (SSSR count). The average molecular weight is 338 g/mol. The minimum absolute atomic E-state index is 0.302. The van der Waals surface area contributed by atoms with Crippen LogP contribution < -0.4 is 15.4 Å². The molecule has 3 aromatic rings. The van der Waals surface area contributed by atoms with E-state index >= 15 is 0 Å². The first-order valence-electron chi connectivity index (χ1n) is 8.00. The standard InChI is InChI=1S/C19H19FN4O/c1-3-25-17-9-7-15(8-10-17)23-19-21-13(2)11-18(24-19)22-16-6-4-5-14(20)12-16/h4-12H,3H2,1-2H3,(H2,21,22,23,24). The highest BCUT2D eigenvalue weighted by Gasteiger charge is 2.04. The summed E-state index contributed by atoms with van der Waals surface area (Å²) in [6, 6.07) is 15.6. The molecule has 0 bridgehead atoms. The number of anilines is 4. The largest absolute Gasteiger partial charge is 0.494 e. The fourth-order valence-corrected chi connectivity index (χ4v) is 2.33. The molecule has 25 heavy (non-hydrogen) atoms. The van der Waals surface area contributed by atoms with Crippen molar-refractivity contribution in [3.63, 3.8) is 0 Å². The number of aryl methyl sites for hydroxylation is 1. The molecule has 0 saturated heterocycles. The van der Waals surface area contributed by atoms with Crippen LogP contribution in [0.1, 0.15) is 12.6 Å². The number of ether oxygens (including phenoxy) is 1. The Hall–Kier alpha value is -3.15. The Balaban J connectivity index is 1.77. The fourth-order valence-electron chi connectivity index (χ4n) is 2.33. The molecule has 0 spiro atoms. The van der Waals surface area contributed by atoms with Crippen LogP contribution in [-0.4, -0.2) is 16.6 Å². The molecule has 2 aromatic carbocycles. The zero-order valence-corrected chi connectivity index (χ0v) is 14.1. The van der Waals surface area contributed by atoms with E-state index in [1.807, 2.05) is 38.1 Å². The Morgan fingerprint density at radius 2 is 1.76 bits per heavy atom. The first kappa shape index (κ1) is 16.7. The van der Waals surface area contributed by atoms with Crippen LogP contribution in [0.2, 0.25) is 0 Å². The first-order valence-corrected chi connectivity index (χ1v) is 8.00. The van der Waals surface area contributed by atoms with Gasteiger partial charge in [-0.3, -0.25) is 0 Å². The fraction of sp³-hybridized carbons (Fsp3) is 0.158. The van der Waals surface area contributed by atoms with Crippen LogP contribution in [0.5, 0.6) is 5.75 Å². The predicted molar refractivity (Wildman–Crippen MR) is 97.3 cm³/mol. The van der Waals surface area contributed by atoms with E-state index in [1.54, 1.807) is 18.2 Å². The lowest BCUT2D eigenvalue weighted by molar-refractivity contribution is 0.340. The van der Waals surface area contributed by atoms with E-state index in [4.69, 9.17) is 4.74 Å². The lowest BCUT2D eigenvalue weighted by atomic mass is 10.3. The van der Waals surface area contributed by atoms with Gasteiger partial charge in [-0.05, 0) is 56.3 Å². The molecular formula is C19H19FN4O. The zero-order chi connectivity index (χ0) is 17.6. The summed E-state index contributed by atoms with van der Waals surface area (Å²) >= 11 is 0. The third-order valence-corrected chi connectivity index (χ3v) is 3.37. The highest BCUT2D eigenvalue weighted by Crippen LogP contribution is 2.21. The summed E-state index contributed by atoms with van der Waals surface area (Å²) in [7, 11) is 0. The molecule has 5 nitrogen and oxygen atoms in total. The maximum atomic E-state index is 13.3. The normalized spacial score (nSPS) is 10.4. The lowest BCUT2D eigenvalue weighted by Crippen LogP contribution is -2.02. The Kier molecular flexibility index (Phi) is 5.09. The van der Waals surface area contributed by atoms with Gasteiger partial charge in [0, 0.05) is 23.1 Å². The lowest BCUT2D eigenvalue weighted by Gasteiger charge is -2.10. The molecule has 0 aliphatic heterocycles. The monoisotopic (exact) mass is 338 g/mol. The SMILES string of the molecule is CCOc1ccc(Nc2nc(C)cc(Nc3cccc(F)c3)n2)cc1. The molecule has 0 unspecified atom stereocenters. The van der Waals surface area contributed by atoms with Gasteiger partial charge < -0.3 is 15.4 Å². The summed E-state index contributed by atoms with van der Waals surface area (Å²) in [5.74, 6) is 1.56. The van der Waals surface area contributed by atoms with E-state index in [1.165, 1.54) is 12.1 Å². The Morgan fingerprint density at radius 3 is 2.48 bits per heavy atom. The Morgan fingerprint density at radius 1 is 0.960 bits per heavy atom. The summed E-state index contributed by atoms with van der Waals surface area (Å²) in [6.45, 7) is 4.45. The smallest absolute Gasteiger partial charge is 0.229 e. The van der Waals surface area contributed by atoms with Gasteiger partial charge in [-0.1, -0.05) is 6.07 Å². The van der Waals surface area contributed by atoms with Crippen molar-refractivity contribution in [1.29, 1.82) is 0 Å². The molecular weight excluding hydrogens is 319 g/mol. The minimum atomic E-state index is -0.302. The molecule has 1 heterocycles. The van der Waals surface area contributed by atoms with Crippen molar-refractivity contribution in [3.05, 3.63) is 66.1 Å². The van der Waals surface area contributed by atoms with Crippen molar-refractivity contribution in [3.8, 4) is 5.75 Å². The molecule has 128 valence electrons. The van der Waals surface area contributed by atoms with Gasteiger partial charge in [-0.25, -0.2) is 9.37 Å². The van der Waals surface area contributed by atoms with Gasteiger partial charge in [-0.2, -0.15) is 4.98 Å². The third-order valence-electron chi connectivity index (χ3n) is 3.37. The molecule has 0 amide bonds. The maximum Gasteiger partial charge on any atom is 0.229 e. The quantitative estimate of drug-likeness (QED) is 0.675. The second kappa shape index (κ2) is 7.61. The number of hydrogen-bond donors (Lipinski definition) is 2. The zero-order valence-electron chi connectivity index (χ0n) is 14.1. The number of nitrogens with zero attached hydrogens (tertiary/aromatic N) is 2. The van der Waals surface area contributed by atoms with Gasteiger partial charge in [0.2, 0.25) is 5.95 Å². The van der Waals surface area contributed by atoms with Crippen LogP contribution in [-0.2, 0) is 0 Å². The van der Waals surface area contributed by atoms with Crippen LogP contribution in [0.25, 0.3) is 0 Å². The number of aromatic nitrogens is 2. The van der Waals surface area contributed by atoms with Crippen molar-refractivity contribution in [2.75, 3.05) is 17.2 Å². The molecule has 1 aromatic heterocycles. The summed E-state index contributed by atoms with van der Waals surface area (Å²) in [5.41, 5.74) is 2.28. The van der Waals surface area contributed by atoms with Crippen LogP contribution in [0, 0.1) is 12.7 Å². The van der Waals surface area contributed by atoms with Gasteiger partial charge >= 0.3 is 0 Å². The number of benzene rings is 2.